The first-order valence-electron chi connectivity index (χ1n) is 8.73. The summed E-state index contributed by atoms with van der Waals surface area (Å²) in [5, 5.41) is 8.86. The molecule has 0 aromatic rings. The average Bonchev–Trinajstić information content (AvgIpc) is 2.81. The second kappa shape index (κ2) is 11.9. The molecule has 1 aliphatic rings. The summed E-state index contributed by atoms with van der Waals surface area (Å²) in [6.07, 6.45) is 18.8. The number of carbonyl (C=O) groups excluding carboxylic acids is 1. The smallest absolute Gasteiger partial charge is 0.303 e. The fourth-order valence-corrected chi connectivity index (χ4v) is 2.77. The van der Waals surface area contributed by atoms with Crippen LogP contribution in [0, 0.1) is 5.92 Å². The Hall–Kier alpha value is -1.61. The number of ketones is 1. The van der Waals surface area contributed by atoms with Crippen molar-refractivity contribution < 1.29 is 14.7 Å². The molecule has 132 valence electrons. The molecule has 0 saturated carbocycles. The lowest BCUT2D eigenvalue weighted by Crippen LogP contribution is -2.01. The summed E-state index contributed by atoms with van der Waals surface area (Å²) in [5.41, 5.74) is 0.680. The van der Waals surface area contributed by atoms with Gasteiger partial charge in [0.15, 0.2) is 0 Å². The van der Waals surface area contributed by atoms with E-state index in [1.54, 1.807) is 12.2 Å². The van der Waals surface area contributed by atoms with Gasteiger partial charge in [-0.1, -0.05) is 74.2 Å². The largest absolute Gasteiger partial charge is 0.481 e. The Morgan fingerprint density at radius 2 is 1.96 bits per heavy atom. The highest BCUT2D eigenvalue weighted by Gasteiger charge is 2.26. The second-order valence-corrected chi connectivity index (χ2v) is 6.39. The van der Waals surface area contributed by atoms with Gasteiger partial charge in [0, 0.05) is 17.9 Å². The van der Waals surface area contributed by atoms with Gasteiger partial charge in [-0.3, -0.25) is 9.59 Å². The zero-order valence-electron chi connectivity index (χ0n) is 14.3. The van der Waals surface area contributed by atoms with E-state index in [0.29, 0.717) is 18.4 Å². The van der Waals surface area contributed by atoms with Crippen LogP contribution in [0.5, 0.6) is 0 Å². The zero-order valence-corrected chi connectivity index (χ0v) is 15.1. The SMILES string of the molecule is CCCCCC/C=C/C1C=C(Cl)C(=O)/C1=C\C=C\CCCC(=O)O. The molecular weight excluding hydrogens is 324 g/mol. The Bertz CT molecular complexity index is 541. The van der Waals surface area contributed by atoms with E-state index in [-0.39, 0.29) is 23.2 Å². The maximum Gasteiger partial charge on any atom is 0.303 e. The Kier molecular flexibility index (Phi) is 10.1. The van der Waals surface area contributed by atoms with Crippen molar-refractivity contribution in [2.24, 2.45) is 5.92 Å². The number of carbonyl (C=O) groups is 2. The first-order chi connectivity index (χ1) is 11.6. The monoisotopic (exact) mass is 350 g/mol. The Morgan fingerprint density at radius 1 is 1.21 bits per heavy atom. The fraction of sp³-hybridized carbons (Fsp3) is 0.500. The molecule has 1 aliphatic carbocycles. The molecule has 0 aromatic heterocycles. The van der Waals surface area contributed by atoms with Crippen LogP contribution in [-0.2, 0) is 9.59 Å². The van der Waals surface area contributed by atoms with Gasteiger partial charge in [0.1, 0.15) is 0 Å². The van der Waals surface area contributed by atoms with Crippen LogP contribution < -0.4 is 0 Å². The van der Waals surface area contributed by atoms with Gasteiger partial charge in [-0.05, 0) is 25.7 Å². The molecule has 0 aromatic carbocycles. The molecule has 0 aliphatic heterocycles. The van der Waals surface area contributed by atoms with E-state index < -0.39 is 5.97 Å². The van der Waals surface area contributed by atoms with Crippen molar-refractivity contribution in [2.45, 2.75) is 58.3 Å². The van der Waals surface area contributed by atoms with E-state index in [0.717, 1.165) is 6.42 Å². The molecule has 0 spiro atoms. The van der Waals surface area contributed by atoms with E-state index in [1.807, 2.05) is 18.2 Å². The van der Waals surface area contributed by atoms with Crippen LogP contribution in [0.15, 0.2) is 47.1 Å². The Labute approximate surface area is 149 Å². The molecule has 0 heterocycles. The predicted octanol–water partition coefficient (Wildman–Crippen LogP) is 5.57. The quantitative estimate of drug-likeness (QED) is 0.301. The van der Waals surface area contributed by atoms with Crippen LogP contribution in [0.2, 0.25) is 0 Å². The normalized spacial score (nSPS) is 19.8. The van der Waals surface area contributed by atoms with Crippen LogP contribution in [0.1, 0.15) is 58.3 Å². The van der Waals surface area contributed by atoms with Gasteiger partial charge in [0.25, 0.3) is 0 Å². The molecule has 24 heavy (non-hydrogen) atoms. The van der Waals surface area contributed by atoms with Crippen molar-refractivity contribution >= 4 is 23.4 Å². The number of hydrogen-bond donors (Lipinski definition) is 1. The Morgan fingerprint density at radius 3 is 2.67 bits per heavy atom. The second-order valence-electron chi connectivity index (χ2n) is 5.98. The van der Waals surface area contributed by atoms with Crippen LogP contribution in [0.4, 0.5) is 0 Å². The number of rotatable bonds is 11. The minimum absolute atomic E-state index is 0.0557. The van der Waals surface area contributed by atoms with Gasteiger partial charge < -0.3 is 5.11 Å². The van der Waals surface area contributed by atoms with Gasteiger partial charge in [-0.15, -0.1) is 0 Å². The van der Waals surface area contributed by atoms with Crippen LogP contribution in [0.3, 0.4) is 0 Å². The lowest BCUT2D eigenvalue weighted by molar-refractivity contribution is -0.137. The molecule has 3 nitrogen and oxygen atoms in total. The average molecular weight is 351 g/mol. The molecule has 4 heteroatoms. The maximum atomic E-state index is 12.1. The number of aliphatic carboxylic acids is 1. The topological polar surface area (TPSA) is 54.4 Å². The third-order valence-electron chi connectivity index (χ3n) is 3.91. The molecule has 0 bridgehead atoms. The van der Waals surface area contributed by atoms with Crippen LogP contribution in [0.25, 0.3) is 0 Å². The van der Waals surface area contributed by atoms with E-state index in [4.69, 9.17) is 16.7 Å². The number of allylic oxidation sites excluding steroid dienone is 8. The van der Waals surface area contributed by atoms with E-state index >= 15 is 0 Å². The molecule has 1 atom stereocenters. The lowest BCUT2D eigenvalue weighted by atomic mass is 10.00. The maximum absolute atomic E-state index is 12.1. The summed E-state index contributed by atoms with van der Waals surface area (Å²) in [5.74, 6) is -0.958. The van der Waals surface area contributed by atoms with E-state index in [2.05, 4.69) is 13.0 Å². The summed E-state index contributed by atoms with van der Waals surface area (Å²) in [6, 6.07) is 0. The molecule has 1 rings (SSSR count). The third-order valence-corrected chi connectivity index (χ3v) is 4.20. The molecule has 0 fully saturated rings. The lowest BCUT2D eigenvalue weighted by Gasteiger charge is -2.03. The van der Waals surface area contributed by atoms with Gasteiger partial charge in [-0.2, -0.15) is 0 Å². The highest BCUT2D eigenvalue weighted by atomic mass is 35.5. The number of unbranched alkanes of at least 4 members (excludes halogenated alkanes) is 5. The summed E-state index contributed by atoms with van der Waals surface area (Å²) in [7, 11) is 0. The van der Waals surface area contributed by atoms with Crippen LogP contribution >= 0.6 is 11.6 Å². The predicted molar refractivity (Wildman–Crippen MR) is 99.0 cm³/mol. The van der Waals surface area contributed by atoms with Gasteiger partial charge in [-0.25, -0.2) is 0 Å². The highest BCUT2D eigenvalue weighted by molar-refractivity contribution is 6.46. The van der Waals surface area contributed by atoms with Crippen molar-refractivity contribution in [3.8, 4) is 0 Å². The van der Waals surface area contributed by atoms with Crippen molar-refractivity contribution in [2.75, 3.05) is 0 Å². The van der Waals surface area contributed by atoms with Crippen LogP contribution in [-0.4, -0.2) is 16.9 Å². The third kappa shape index (κ3) is 7.78. The van der Waals surface area contributed by atoms with E-state index in [1.165, 1.54) is 25.7 Å². The van der Waals surface area contributed by atoms with Crippen molar-refractivity contribution in [3.05, 3.63) is 47.1 Å². The number of carboxylic acid groups (broad SMARTS) is 1. The number of carboxylic acids is 1. The van der Waals surface area contributed by atoms with Gasteiger partial charge in [0.2, 0.25) is 5.78 Å². The minimum atomic E-state index is -0.784. The number of Topliss-reactive ketones (excluding diaryl/α,β-unsaturated/α-hetero) is 1. The first kappa shape index (κ1) is 20.4. The minimum Gasteiger partial charge on any atom is -0.481 e. The molecule has 1 unspecified atom stereocenters. The standard InChI is InChI=1S/C20H27ClO3/c1-2-3-4-5-6-9-12-16-15-18(21)20(24)17(16)13-10-7-8-11-14-19(22)23/h7,9-10,12-13,15-16H,2-6,8,11,14H2,1H3,(H,22,23)/b10-7+,12-9+,17-13-. The molecule has 1 N–H and O–H groups in total. The fourth-order valence-electron chi connectivity index (χ4n) is 2.53. The summed E-state index contributed by atoms with van der Waals surface area (Å²) in [4.78, 5) is 22.5. The first-order valence-corrected chi connectivity index (χ1v) is 9.11. The summed E-state index contributed by atoms with van der Waals surface area (Å²) in [6.45, 7) is 2.19. The van der Waals surface area contributed by atoms with Crippen molar-refractivity contribution in [3.63, 3.8) is 0 Å². The summed E-state index contributed by atoms with van der Waals surface area (Å²) < 4.78 is 0. The number of hydrogen-bond acceptors (Lipinski definition) is 2. The highest BCUT2D eigenvalue weighted by Crippen LogP contribution is 2.30. The molecule has 0 saturated heterocycles. The number of halogens is 1. The molecule has 0 radical (unpaired) electrons. The van der Waals surface area contributed by atoms with Gasteiger partial charge in [0.05, 0.1) is 5.03 Å². The Balaban J connectivity index is 2.51. The zero-order chi connectivity index (χ0) is 17.8. The summed E-state index contributed by atoms with van der Waals surface area (Å²) >= 11 is 5.98. The molecule has 0 amide bonds. The van der Waals surface area contributed by atoms with Crippen molar-refractivity contribution in [1.82, 2.24) is 0 Å². The van der Waals surface area contributed by atoms with Gasteiger partial charge >= 0.3 is 5.97 Å². The van der Waals surface area contributed by atoms with Crippen molar-refractivity contribution in [1.29, 1.82) is 0 Å². The molecular formula is C20H27ClO3. The van der Waals surface area contributed by atoms with E-state index in [9.17, 15) is 9.59 Å².